The third kappa shape index (κ3) is 2.93. The van der Waals surface area contributed by atoms with Crippen molar-refractivity contribution in [1.29, 1.82) is 0 Å². The van der Waals surface area contributed by atoms with Crippen LogP contribution >= 0.6 is 0 Å². The molecule has 1 atom stereocenters. The Labute approximate surface area is 129 Å². The average Bonchev–Trinajstić information content (AvgIpc) is 2.86. The molecule has 1 amide bonds. The van der Waals surface area contributed by atoms with Crippen molar-refractivity contribution in [3.05, 3.63) is 35.5 Å². The fraction of sp³-hybridized carbons (Fsp3) is 0.467. The van der Waals surface area contributed by atoms with E-state index < -0.39 is 0 Å². The van der Waals surface area contributed by atoms with Crippen molar-refractivity contribution in [2.45, 2.75) is 32.4 Å². The fourth-order valence-corrected chi connectivity index (χ4v) is 2.65. The van der Waals surface area contributed by atoms with Crippen LogP contribution in [0, 0.1) is 6.92 Å². The van der Waals surface area contributed by atoms with Gasteiger partial charge in [-0.2, -0.15) is 0 Å². The lowest BCUT2D eigenvalue weighted by atomic mass is 10.1. The van der Waals surface area contributed by atoms with Crippen LogP contribution in [-0.4, -0.2) is 45.8 Å². The van der Waals surface area contributed by atoms with Crippen LogP contribution in [0.1, 0.15) is 28.4 Å². The minimum absolute atomic E-state index is 0.101. The minimum Gasteiger partial charge on any atom is -0.361 e. The van der Waals surface area contributed by atoms with E-state index in [1.54, 1.807) is 12.1 Å². The minimum atomic E-state index is -0.178. The van der Waals surface area contributed by atoms with Crippen LogP contribution in [0.2, 0.25) is 0 Å². The van der Waals surface area contributed by atoms with E-state index in [-0.39, 0.29) is 11.9 Å². The van der Waals surface area contributed by atoms with E-state index in [2.05, 4.69) is 25.1 Å². The Balaban J connectivity index is 1.65. The van der Waals surface area contributed by atoms with Gasteiger partial charge in [-0.25, -0.2) is 4.98 Å². The monoisotopic (exact) mass is 300 g/mol. The summed E-state index contributed by atoms with van der Waals surface area (Å²) in [7, 11) is 3.77. The first-order valence-electron chi connectivity index (χ1n) is 7.37. The van der Waals surface area contributed by atoms with Gasteiger partial charge < -0.3 is 14.8 Å². The van der Waals surface area contributed by atoms with Crippen LogP contribution in [0.25, 0.3) is 0 Å². The molecule has 3 rings (SSSR count). The normalized spacial score (nSPS) is 17.0. The summed E-state index contributed by atoms with van der Waals surface area (Å²) in [6.45, 7) is 2.74. The number of nitrogens with zero attached hydrogens (tertiary/aromatic N) is 5. The number of carbonyl (C=O) groups is 1. The average molecular weight is 300 g/mol. The van der Waals surface area contributed by atoms with E-state index in [0.29, 0.717) is 5.69 Å². The van der Waals surface area contributed by atoms with Crippen LogP contribution in [0.5, 0.6) is 0 Å². The molecule has 0 bridgehead atoms. The zero-order chi connectivity index (χ0) is 15.7. The molecule has 0 radical (unpaired) electrons. The molecule has 0 saturated carbocycles. The van der Waals surface area contributed by atoms with Gasteiger partial charge in [-0.15, -0.1) is 10.2 Å². The number of imidazole rings is 1. The number of aromatic nitrogens is 4. The van der Waals surface area contributed by atoms with Gasteiger partial charge in [0.05, 0.1) is 5.69 Å². The molecule has 7 heteroatoms. The maximum atomic E-state index is 12.3. The predicted octanol–water partition coefficient (Wildman–Crippen LogP) is 0.792. The zero-order valence-electron chi connectivity index (χ0n) is 13.1. The van der Waals surface area contributed by atoms with Crippen molar-refractivity contribution in [2.75, 3.05) is 19.0 Å². The van der Waals surface area contributed by atoms with Crippen molar-refractivity contribution in [3.8, 4) is 0 Å². The standard InChI is InChI=1S/C15H20N6O/c1-10-8-21-9-11(4-6-13(21)16-10)17-15(22)12-5-7-14(19-18-12)20(2)3/h5,7-8,11H,4,6,9H2,1-3H3,(H,17,22)/t11-/m0/s1. The van der Waals surface area contributed by atoms with Gasteiger partial charge >= 0.3 is 0 Å². The number of nitrogens with one attached hydrogen (secondary N) is 1. The summed E-state index contributed by atoms with van der Waals surface area (Å²) in [6, 6.07) is 3.59. The van der Waals surface area contributed by atoms with E-state index >= 15 is 0 Å². The Hall–Kier alpha value is -2.44. The van der Waals surface area contributed by atoms with Gasteiger partial charge in [0.25, 0.3) is 5.91 Å². The van der Waals surface area contributed by atoms with Gasteiger partial charge in [0.1, 0.15) is 5.82 Å². The van der Waals surface area contributed by atoms with Gasteiger partial charge in [-0.3, -0.25) is 4.79 Å². The molecule has 116 valence electrons. The Morgan fingerprint density at radius 3 is 2.86 bits per heavy atom. The highest BCUT2D eigenvalue weighted by Gasteiger charge is 2.22. The van der Waals surface area contributed by atoms with Gasteiger partial charge in [0, 0.05) is 39.3 Å². The van der Waals surface area contributed by atoms with Crippen LogP contribution in [0.4, 0.5) is 5.82 Å². The molecule has 1 aliphatic heterocycles. The molecular formula is C15H20N6O. The molecular weight excluding hydrogens is 280 g/mol. The molecule has 0 aliphatic carbocycles. The first-order valence-corrected chi connectivity index (χ1v) is 7.37. The van der Waals surface area contributed by atoms with Crippen molar-refractivity contribution in [3.63, 3.8) is 0 Å². The molecule has 7 nitrogen and oxygen atoms in total. The molecule has 2 aromatic rings. The molecule has 2 aromatic heterocycles. The second-order valence-corrected chi connectivity index (χ2v) is 5.83. The van der Waals surface area contributed by atoms with Crippen molar-refractivity contribution < 1.29 is 4.79 Å². The lowest BCUT2D eigenvalue weighted by Gasteiger charge is -2.24. The molecule has 3 heterocycles. The van der Waals surface area contributed by atoms with E-state index in [1.807, 2.05) is 32.1 Å². The van der Waals surface area contributed by atoms with Gasteiger partial charge in [0.2, 0.25) is 0 Å². The topological polar surface area (TPSA) is 75.9 Å². The second-order valence-electron chi connectivity index (χ2n) is 5.83. The number of hydrogen-bond donors (Lipinski definition) is 1. The second kappa shape index (κ2) is 5.75. The number of carbonyl (C=O) groups excluding carboxylic acids is 1. The van der Waals surface area contributed by atoms with Gasteiger partial charge in [0.15, 0.2) is 11.5 Å². The maximum absolute atomic E-state index is 12.3. The quantitative estimate of drug-likeness (QED) is 0.907. The highest BCUT2D eigenvalue weighted by molar-refractivity contribution is 5.92. The number of fused-ring (bicyclic) bond motifs is 1. The highest BCUT2D eigenvalue weighted by Crippen LogP contribution is 2.15. The van der Waals surface area contributed by atoms with Crippen LogP contribution in [0.15, 0.2) is 18.3 Å². The molecule has 22 heavy (non-hydrogen) atoms. The number of anilines is 1. The predicted molar refractivity (Wildman–Crippen MR) is 82.9 cm³/mol. The fourth-order valence-electron chi connectivity index (χ4n) is 2.65. The Bertz CT molecular complexity index is 676. The molecule has 0 saturated heterocycles. The summed E-state index contributed by atoms with van der Waals surface area (Å²) in [6.07, 6.45) is 3.80. The molecule has 0 spiro atoms. The first-order chi connectivity index (χ1) is 10.5. The number of aryl methyl sites for hydroxylation is 2. The Morgan fingerprint density at radius 2 is 2.18 bits per heavy atom. The first kappa shape index (κ1) is 14.5. The maximum Gasteiger partial charge on any atom is 0.272 e. The van der Waals surface area contributed by atoms with Crippen molar-refractivity contribution >= 4 is 11.7 Å². The SMILES string of the molecule is Cc1cn2c(n1)CC[C@H](NC(=O)c1ccc(N(C)C)nn1)C2. The summed E-state index contributed by atoms with van der Waals surface area (Å²) < 4.78 is 2.12. The van der Waals surface area contributed by atoms with Gasteiger partial charge in [-0.1, -0.05) is 0 Å². The lowest BCUT2D eigenvalue weighted by molar-refractivity contribution is 0.0921. The van der Waals surface area contributed by atoms with E-state index in [1.165, 1.54) is 0 Å². The molecule has 1 N–H and O–H groups in total. The summed E-state index contributed by atoms with van der Waals surface area (Å²) in [5.41, 5.74) is 1.37. The van der Waals surface area contributed by atoms with Crippen LogP contribution in [-0.2, 0) is 13.0 Å². The largest absolute Gasteiger partial charge is 0.361 e. The molecule has 1 aliphatic rings. The number of rotatable bonds is 3. The molecule has 0 fully saturated rings. The van der Waals surface area contributed by atoms with Crippen molar-refractivity contribution in [1.82, 2.24) is 25.1 Å². The third-order valence-electron chi connectivity index (χ3n) is 3.79. The number of amides is 1. The van der Waals surface area contributed by atoms with E-state index in [0.717, 1.165) is 36.7 Å². The number of hydrogen-bond acceptors (Lipinski definition) is 5. The van der Waals surface area contributed by atoms with Crippen molar-refractivity contribution in [2.24, 2.45) is 0 Å². The Kier molecular flexibility index (Phi) is 3.79. The zero-order valence-corrected chi connectivity index (χ0v) is 13.1. The molecule has 0 unspecified atom stereocenters. The summed E-state index contributed by atoms with van der Waals surface area (Å²) in [4.78, 5) is 18.6. The highest BCUT2D eigenvalue weighted by atomic mass is 16.2. The summed E-state index contributed by atoms with van der Waals surface area (Å²) in [5, 5.41) is 11.1. The summed E-state index contributed by atoms with van der Waals surface area (Å²) >= 11 is 0. The van der Waals surface area contributed by atoms with Crippen LogP contribution < -0.4 is 10.2 Å². The van der Waals surface area contributed by atoms with E-state index in [9.17, 15) is 4.79 Å². The summed E-state index contributed by atoms with van der Waals surface area (Å²) in [5.74, 6) is 1.65. The molecule has 0 aromatic carbocycles. The van der Waals surface area contributed by atoms with Gasteiger partial charge in [-0.05, 0) is 25.5 Å². The lowest BCUT2D eigenvalue weighted by Crippen LogP contribution is -2.41. The smallest absolute Gasteiger partial charge is 0.272 e. The van der Waals surface area contributed by atoms with Crippen LogP contribution in [0.3, 0.4) is 0 Å². The van der Waals surface area contributed by atoms with E-state index in [4.69, 9.17) is 0 Å². The Morgan fingerprint density at radius 1 is 1.36 bits per heavy atom. The third-order valence-corrected chi connectivity index (χ3v) is 3.79.